The summed E-state index contributed by atoms with van der Waals surface area (Å²) in [5.74, 6) is 2.48. The molecular weight excluding hydrogens is 569 g/mol. The van der Waals surface area contributed by atoms with Crippen molar-refractivity contribution in [2.45, 2.75) is 37.5 Å². The standard InChI is InChI=1S/C40H38N3OP/c1-2-3-4-5-15-28-45(44,36-25-13-8-14-26-36)37-27-17-23-34(30-37)33-22-16-24-35(29-33)40-42-38(31-18-9-6-10-19-31)41-39(43-40)32-20-11-7-12-21-32/h2-6,8-11,13-20,22,24-27,29-30,32,34H,1,7,12,21,23,28H2/b4-3-,15-5-. The van der Waals surface area contributed by atoms with E-state index < -0.39 is 7.14 Å². The van der Waals surface area contributed by atoms with E-state index in [1.165, 1.54) is 0 Å². The molecule has 0 spiro atoms. The Balaban J connectivity index is 1.36. The van der Waals surface area contributed by atoms with Crippen LogP contribution in [-0.2, 0) is 4.57 Å². The van der Waals surface area contributed by atoms with Crippen LogP contribution < -0.4 is 5.30 Å². The smallest absolute Gasteiger partial charge is 0.163 e. The molecule has 0 saturated heterocycles. The van der Waals surface area contributed by atoms with Crippen LogP contribution in [0.3, 0.4) is 0 Å². The van der Waals surface area contributed by atoms with E-state index in [9.17, 15) is 4.57 Å². The van der Waals surface area contributed by atoms with Crippen LogP contribution in [0.5, 0.6) is 0 Å². The minimum atomic E-state index is -2.90. The summed E-state index contributed by atoms with van der Waals surface area (Å²) in [7, 11) is -2.90. The summed E-state index contributed by atoms with van der Waals surface area (Å²) in [6.07, 6.45) is 24.9. The van der Waals surface area contributed by atoms with Crippen LogP contribution in [0.4, 0.5) is 0 Å². The van der Waals surface area contributed by atoms with Gasteiger partial charge in [-0.15, -0.1) is 0 Å². The summed E-state index contributed by atoms with van der Waals surface area (Å²) in [5.41, 5.74) is 3.09. The fourth-order valence-corrected chi connectivity index (χ4v) is 8.50. The van der Waals surface area contributed by atoms with Crippen LogP contribution >= 0.6 is 7.14 Å². The topological polar surface area (TPSA) is 55.7 Å². The zero-order chi connectivity index (χ0) is 30.9. The third kappa shape index (κ3) is 7.19. The Morgan fingerprint density at radius 2 is 1.56 bits per heavy atom. The summed E-state index contributed by atoms with van der Waals surface area (Å²) in [4.78, 5) is 14.9. The van der Waals surface area contributed by atoms with Crippen molar-refractivity contribution in [2.24, 2.45) is 0 Å². The third-order valence-electron chi connectivity index (χ3n) is 8.34. The maximum absolute atomic E-state index is 14.8. The predicted octanol–water partition coefficient (Wildman–Crippen LogP) is 9.94. The molecular formula is C40H38N3OP. The molecule has 224 valence electrons. The van der Waals surface area contributed by atoms with Gasteiger partial charge < -0.3 is 4.57 Å². The highest BCUT2D eigenvalue weighted by Gasteiger charge is 2.29. The summed E-state index contributed by atoms with van der Waals surface area (Å²) < 4.78 is 14.8. The summed E-state index contributed by atoms with van der Waals surface area (Å²) in [6, 6.07) is 28.5. The molecule has 0 aliphatic heterocycles. The second kappa shape index (κ2) is 14.4. The van der Waals surface area contributed by atoms with E-state index in [4.69, 9.17) is 15.0 Å². The average Bonchev–Trinajstić information content (AvgIpc) is 3.12. The molecule has 0 fully saturated rings. The molecule has 3 aromatic carbocycles. The van der Waals surface area contributed by atoms with Crippen LogP contribution in [-0.4, -0.2) is 21.1 Å². The molecule has 0 radical (unpaired) electrons. The van der Waals surface area contributed by atoms with Crippen LogP contribution in [0, 0.1) is 0 Å². The number of allylic oxidation sites excluding steroid dienone is 11. The molecule has 4 nitrogen and oxygen atoms in total. The molecule has 2 aliphatic carbocycles. The fourth-order valence-electron chi connectivity index (χ4n) is 5.94. The Morgan fingerprint density at radius 1 is 0.800 bits per heavy atom. The molecule has 45 heavy (non-hydrogen) atoms. The maximum Gasteiger partial charge on any atom is 0.163 e. The number of benzene rings is 3. The largest absolute Gasteiger partial charge is 0.313 e. The Labute approximate surface area is 266 Å². The first-order chi connectivity index (χ1) is 22.1. The van der Waals surface area contributed by atoms with Gasteiger partial charge in [0, 0.05) is 39.7 Å². The number of aromatic nitrogens is 3. The quantitative estimate of drug-likeness (QED) is 0.102. The van der Waals surface area contributed by atoms with Crippen molar-refractivity contribution in [2.75, 3.05) is 6.16 Å². The van der Waals surface area contributed by atoms with Gasteiger partial charge in [-0.25, -0.2) is 15.0 Å². The molecule has 3 unspecified atom stereocenters. The van der Waals surface area contributed by atoms with Crippen LogP contribution in [0.1, 0.15) is 48.9 Å². The van der Waals surface area contributed by atoms with E-state index in [1.807, 2.05) is 85.0 Å². The highest BCUT2D eigenvalue weighted by Crippen LogP contribution is 2.55. The molecule has 2 aliphatic rings. The Morgan fingerprint density at radius 3 is 2.31 bits per heavy atom. The van der Waals surface area contributed by atoms with E-state index >= 15 is 0 Å². The highest BCUT2D eigenvalue weighted by atomic mass is 31.2. The third-order valence-corrected chi connectivity index (χ3v) is 11.3. The first kappa shape index (κ1) is 30.4. The van der Waals surface area contributed by atoms with Gasteiger partial charge in [-0.3, -0.25) is 0 Å². The van der Waals surface area contributed by atoms with E-state index in [0.29, 0.717) is 17.8 Å². The molecule has 0 amide bonds. The van der Waals surface area contributed by atoms with Crippen LogP contribution in [0.25, 0.3) is 22.8 Å². The van der Waals surface area contributed by atoms with Crippen molar-refractivity contribution in [3.05, 3.63) is 169 Å². The molecule has 0 bridgehead atoms. The Bertz CT molecular complexity index is 1840. The lowest BCUT2D eigenvalue weighted by Gasteiger charge is -2.24. The Kier molecular flexibility index (Phi) is 9.73. The molecule has 0 N–H and O–H groups in total. The summed E-state index contributed by atoms with van der Waals surface area (Å²) in [5, 5.41) is 1.76. The molecule has 0 saturated carbocycles. The molecule has 4 aromatic rings. The van der Waals surface area contributed by atoms with Gasteiger partial charge in [-0.05, 0) is 37.3 Å². The normalized spacial score (nSPS) is 19.4. The average molecular weight is 608 g/mol. The lowest BCUT2D eigenvalue weighted by atomic mass is 9.91. The SMILES string of the molecule is C=C/C=C\C=C/CP(=O)(C1=CC(c2cccc(-c3nc(-c4ccccc4)nc(C4C=CCCC4)n3)c2)CC=C1)c1ccccc1. The molecule has 5 heteroatoms. The number of nitrogens with zero attached hydrogens (tertiary/aromatic N) is 3. The van der Waals surface area contributed by atoms with Gasteiger partial charge in [0.25, 0.3) is 0 Å². The van der Waals surface area contributed by atoms with Crippen molar-refractivity contribution in [3.8, 4) is 22.8 Å². The minimum absolute atomic E-state index is 0.0859. The van der Waals surface area contributed by atoms with Crippen LogP contribution in [0.15, 0.2) is 158 Å². The van der Waals surface area contributed by atoms with Gasteiger partial charge in [0.15, 0.2) is 11.6 Å². The first-order valence-electron chi connectivity index (χ1n) is 15.7. The van der Waals surface area contributed by atoms with Crippen molar-refractivity contribution in [3.63, 3.8) is 0 Å². The molecule has 1 heterocycles. The van der Waals surface area contributed by atoms with Crippen molar-refractivity contribution in [1.82, 2.24) is 15.0 Å². The molecule has 1 aromatic heterocycles. The summed E-state index contributed by atoms with van der Waals surface area (Å²) in [6.45, 7) is 3.73. The van der Waals surface area contributed by atoms with Gasteiger partial charge in [-0.1, -0.05) is 146 Å². The van der Waals surface area contributed by atoms with Crippen molar-refractivity contribution in [1.29, 1.82) is 0 Å². The van der Waals surface area contributed by atoms with Crippen molar-refractivity contribution < 1.29 is 4.57 Å². The van der Waals surface area contributed by atoms with E-state index in [0.717, 1.165) is 58.8 Å². The van der Waals surface area contributed by atoms with Gasteiger partial charge in [-0.2, -0.15) is 0 Å². The number of rotatable bonds is 10. The first-order valence-corrected chi connectivity index (χ1v) is 17.6. The van der Waals surface area contributed by atoms with E-state index in [2.05, 4.69) is 61.2 Å². The van der Waals surface area contributed by atoms with Gasteiger partial charge >= 0.3 is 0 Å². The monoisotopic (exact) mass is 607 g/mol. The number of hydrogen-bond acceptors (Lipinski definition) is 4. The molecule has 6 rings (SSSR count). The van der Waals surface area contributed by atoms with Crippen molar-refractivity contribution >= 4 is 12.4 Å². The van der Waals surface area contributed by atoms with Crippen LogP contribution in [0.2, 0.25) is 0 Å². The summed E-state index contributed by atoms with van der Waals surface area (Å²) >= 11 is 0. The minimum Gasteiger partial charge on any atom is -0.313 e. The zero-order valence-electron chi connectivity index (χ0n) is 25.5. The highest BCUT2D eigenvalue weighted by molar-refractivity contribution is 7.75. The second-order valence-electron chi connectivity index (χ2n) is 11.4. The maximum atomic E-state index is 14.8. The van der Waals surface area contributed by atoms with Gasteiger partial charge in [0.1, 0.15) is 13.0 Å². The number of hydrogen-bond donors (Lipinski definition) is 0. The van der Waals surface area contributed by atoms with Gasteiger partial charge in [0.2, 0.25) is 0 Å². The lowest BCUT2D eigenvalue weighted by Crippen LogP contribution is -2.11. The molecule has 3 atom stereocenters. The fraction of sp³-hybridized carbons (Fsp3) is 0.175. The van der Waals surface area contributed by atoms with E-state index in [1.54, 1.807) is 6.08 Å². The lowest BCUT2D eigenvalue weighted by molar-refractivity contribution is 0.587. The predicted molar refractivity (Wildman–Crippen MR) is 188 cm³/mol. The second-order valence-corrected chi connectivity index (χ2v) is 14.3. The van der Waals surface area contributed by atoms with Gasteiger partial charge in [0.05, 0.1) is 0 Å². The zero-order valence-corrected chi connectivity index (χ0v) is 26.3. The Hall–Kier alpha value is -4.66. The van der Waals surface area contributed by atoms with E-state index in [-0.39, 0.29) is 11.8 Å².